The maximum Gasteiger partial charge on any atom is 0.0594 e. The molecule has 0 spiro atoms. The summed E-state index contributed by atoms with van der Waals surface area (Å²) < 4.78 is 5.36. The number of aromatic nitrogens is 1. The van der Waals surface area contributed by atoms with Crippen molar-refractivity contribution in [3.8, 4) is 0 Å². The lowest BCUT2D eigenvalue weighted by Gasteiger charge is -2.26. The van der Waals surface area contributed by atoms with Gasteiger partial charge in [-0.25, -0.2) is 0 Å². The Bertz CT molecular complexity index is 367. The molecule has 1 aliphatic heterocycles. The molecule has 0 aliphatic carbocycles. The highest BCUT2D eigenvalue weighted by Crippen LogP contribution is 2.12. The van der Waals surface area contributed by atoms with Crippen molar-refractivity contribution in [2.45, 2.75) is 19.9 Å². The van der Waals surface area contributed by atoms with E-state index in [1.54, 1.807) is 0 Å². The molecule has 1 aliphatic rings. The first-order valence-electron chi connectivity index (χ1n) is 6.61. The molecule has 2 heterocycles. The monoisotopic (exact) mass is 266 g/mol. The molecule has 0 saturated carbocycles. The Morgan fingerprint density at radius 1 is 1.33 bits per heavy atom. The second-order valence-corrected chi connectivity index (χ2v) is 5.45. The Balaban J connectivity index is 1.93. The number of hydrogen-bond acceptors (Lipinski definition) is 4. The van der Waals surface area contributed by atoms with Gasteiger partial charge in [0, 0.05) is 32.0 Å². The van der Waals surface area contributed by atoms with Crippen LogP contribution < -0.4 is 0 Å². The highest BCUT2D eigenvalue weighted by Gasteiger charge is 2.11. The first kappa shape index (κ1) is 13.8. The minimum absolute atomic E-state index is 0.605. The summed E-state index contributed by atoms with van der Waals surface area (Å²) in [5.74, 6) is 1.53. The van der Waals surface area contributed by atoms with Crippen LogP contribution in [0.4, 0.5) is 0 Å². The Kier molecular flexibility index (Phi) is 5.47. The summed E-state index contributed by atoms with van der Waals surface area (Å²) in [7, 11) is 0. The molecule has 1 aromatic heterocycles. The van der Waals surface area contributed by atoms with Crippen LogP contribution in [0.5, 0.6) is 0 Å². The van der Waals surface area contributed by atoms with E-state index in [0.29, 0.717) is 5.92 Å². The molecule has 1 aromatic rings. The van der Waals surface area contributed by atoms with Crippen LogP contribution in [0.25, 0.3) is 0 Å². The molecule has 0 amide bonds. The van der Waals surface area contributed by atoms with Gasteiger partial charge in [-0.1, -0.05) is 13.0 Å². The SMILES string of the molecule is CC(CS)Cc1cncc(CN2CCOCC2)c1. The standard InChI is InChI=1S/C14H22N2OS/c1-12(11-18)6-13-7-14(9-15-8-13)10-16-2-4-17-5-3-16/h7-9,12,18H,2-6,10-11H2,1H3. The van der Waals surface area contributed by atoms with Gasteiger partial charge in [0.15, 0.2) is 0 Å². The fourth-order valence-corrected chi connectivity index (χ4v) is 2.35. The Morgan fingerprint density at radius 3 is 2.78 bits per heavy atom. The average Bonchev–Trinajstić information content (AvgIpc) is 2.40. The number of rotatable bonds is 5. The second-order valence-electron chi connectivity index (χ2n) is 5.08. The fraction of sp³-hybridized carbons (Fsp3) is 0.643. The van der Waals surface area contributed by atoms with Gasteiger partial charge in [-0.15, -0.1) is 0 Å². The number of hydrogen-bond donors (Lipinski definition) is 1. The molecule has 18 heavy (non-hydrogen) atoms. The molecule has 2 rings (SSSR count). The highest BCUT2D eigenvalue weighted by molar-refractivity contribution is 7.80. The van der Waals surface area contributed by atoms with Crippen molar-refractivity contribution in [3.05, 3.63) is 29.6 Å². The van der Waals surface area contributed by atoms with Gasteiger partial charge in [0.05, 0.1) is 13.2 Å². The van der Waals surface area contributed by atoms with E-state index in [9.17, 15) is 0 Å². The second kappa shape index (κ2) is 7.12. The summed E-state index contributed by atoms with van der Waals surface area (Å²) in [5.41, 5.74) is 2.63. The number of thiol groups is 1. The predicted molar refractivity (Wildman–Crippen MR) is 77.1 cm³/mol. The normalized spacial score (nSPS) is 18.8. The Labute approximate surface area is 115 Å². The molecule has 0 radical (unpaired) electrons. The largest absolute Gasteiger partial charge is 0.379 e. The Hall–Kier alpha value is -0.580. The van der Waals surface area contributed by atoms with E-state index in [0.717, 1.165) is 45.0 Å². The quantitative estimate of drug-likeness (QED) is 0.826. The highest BCUT2D eigenvalue weighted by atomic mass is 32.1. The van der Waals surface area contributed by atoms with E-state index in [-0.39, 0.29) is 0 Å². The topological polar surface area (TPSA) is 25.4 Å². The minimum Gasteiger partial charge on any atom is -0.379 e. The first-order chi connectivity index (χ1) is 8.78. The third-order valence-electron chi connectivity index (χ3n) is 3.26. The molecule has 1 saturated heterocycles. The molecule has 100 valence electrons. The van der Waals surface area contributed by atoms with Gasteiger partial charge in [0.1, 0.15) is 0 Å². The summed E-state index contributed by atoms with van der Waals surface area (Å²) in [5, 5.41) is 0. The van der Waals surface area contributed by atoms with Crippen molar-refractivity contribution in [1.29, 1.82) is 0 Å². The first-order valence-corrected chi connectivity index (χ1v) is 7.25. The van der Waals surface area contributed by atoms with Crippen molar-refractivity contribution in [2.24, 2.45) is 5.92 Å². The molecule has 1 unspecified atom stereocenters. The van der Waals surface area contributed by atoms with Crippen LogP contribution >= 0.6 is 12.6 Å². The van der Waals surface area contributed by atoms with E-state index in [4.69, 9.17) is 4.74 Å². The zero-order chi connectivity index (χ0) is 12.8. The zero-order valence-electron chi connectivity index (χ0n) is 11.0. The molecule has 4 heteroatoms. The van der Waals surface area contributed by atoms with Gasteiger partial charge >= 0.3 is 0 Å². The van der Waals surface area contributed by atoms with Crippen LogP contribution in [0.1, 0.15) is 18.1 Å². The van der Waals surface area contributed by atoms with Crippen LogP contribution in [-0.2, 0) is 17.7 Å². The van der Waals surface area contributed by atoms with E-state index >= 15 is 0 Å². The van der Waals surface area contributed by atoms with Crippen molar-refractivity contribution in [2.75, 3.05) is 32.1 Å². The van der Waals surface area contributed by atoms with Crippen molar-refractivity contribution < 1.29 is 4.74 Å². The smallest absolute Gasteiger partial charge is 0.0594 e. The van der Waals surface area contributed by atoms with Crippen LogP contribution in [0.2, 0.25) is 0 Å². The molecule has 1 fully saturated rings. The molecule has 0 bridgehead atoms. The predicted octanol–water partition coefficient (Wildman–Crippen LogP) is 2.02. The lowest BCUT2D eigenvalue weighted by Crippen LogP contribution is -2.35. The van der Waals surface area contributed by atoms with Crippen LogP contribution in [-0.4, -0.2) is 41.9 Å². The molecule has 0 N–H and O–H groups in total. The van der Waals surface area contributed by atoms with E-state index in [1.165, 1.54) is 11.1 Å². The zero-order valence-corrected chi connectivity index (χ0v) is 11.9. The summed E-state index contributed by atoms with van der Waals surface area (Å²) in [6.45, 7) is 6.96. The van der Waals surface area contributed by atoms with Gasteiger partial charge < -0.3 is 4.74 Å². The van der Waals surface area contributed by atoms with Crippen molar-refractivity contribution in [3.63, 3.8) is 0 Å². The van der Waals surface area contributed by atoms with Crippen molar-refractivity contribution >= 4 is 12.6 Å². The van der Waals surface area contributed by atoms with E-state index in [2.05, 4.69) is 35.5 Å². The summed E-state index contributed by atoms with van der Waals surface area (Å²) in [6.07, 6.45) is 5.01. The minimum atomic E-state index is 0.605. The van der Waals surface area contributed by atoms with Crippen LogP contribution in [0.3, 0.4) is 0 Å². The van der Waals surface area contributed by atoms with Gasteiger partial charge in [-0.3, -0.25) is 9.88 Å². The summed E-state index contributed by atoms with van der Waals surface area (Å²) >= 11 is 4.34. The van der Waals surface area contributed by atoms with E-state index in [1.807, 2.05) is 12.4 Å². The van der Waals surface area contributed by atoms with Crippen LogP contribution in [0, 0.1) is 5.92 Å². The van der Waals surface area contributed by atoms with Crippen molar-refractivity contribution in [1.82, 2.24) is 9.88 Å². The third kappa shape index (κ3) is 4.26. The van der Waals surface area contributed by atoms with Crippen LogP contribution in [0.15, 0.2) is 18.5 Å². The number of pyridine rings is 1. The van der Waals surface area contributed by atoms with Gasteiger partial charge in [-0.2, -0.15) is 12.6 Å². The maximum absolute atomic E-state index is 5.36. The number of morpholine rings is 1. The van der Waals surface area contributed by atoms with Gasteiger partial charge in [-0.05, 0) is 29.2 Å². The number of ether oxygens (including phenoxy) is 1. The lowest BCUT2D eigenvalue weighted by molar-refractivity contribution is 0.0341. The van der Waals surface area contributed by atoms with Gasteiger partial charge in [0.2, 0.25) is 0 Å². The lowest BCUT2D eigenvalue weighted by atomic mass is 10.0. The third-order valence-corrected chi connectivity index (χ3v) is 3.88. The molecule has 3 nitrogen and oxygen atoms in total. The fourth-order valence-electron chi connectivity index (χ4n) is 2.22. The molecular formula is C14H22N2OS. The Morgan fingerprint density at radius 2 is 2.06 bits per heavy atom. The van der Waals surface area contributed by atoms with Gasteiger partial charge in [0.25, 0.3) is 0 Å². The molecule has 0 aromatic carbocycles. The number of nitrogens with zero attached hydrogens (tertiary/aromatic N) is 2. The maximum atomic E-state index is 5.36. The molecular weight excluding hydrogens is 244 g/mol. The van der Waals surface area contributed by atoms with E-state index < -0.39 is 0 Å². The summed E-state index contributed by atoms with van der Waals surface area (Å²) in [6, 6.07) is 2.28. The molecule has 1 atom stereocenters. The summed E-state index contributed by atoms with van der Waals surface area (Å²) in [4.78, 5) is 6.78. The average molecular weight is 266 g/mol.